The van der Waals surface area contributed by atoms with Crippen LogP contribution in [0.25, 0.3) is 0 Å². The summed E-state index contributed by atoms with van der Waals surface area (Å²) in [4.78, 5) is 0. The smallest absolute Gasteiger partial charge is 0.115 e. The van der Waals surface area contributed by atoms with Gasteiger partial charge in [0, 0.05) is 5.41 Å². The Bertz CT molecular complexity index is 907. The van der Waals surface area contributed by atoms with Crippen molar-refractivity contribution in [3.8, 4) is 17.2 Å². The third-order valence-electron chi connectivity index (χ3n) is 7.02. The number of rotatable bonds is 5. The van der Waals surface area contributed by atoms with Crippen molar-refractivity contribution in [2.45, 2.75) is 50.4 Å². The average Bonchev–Trinajstić information content (AvgIpc) is 2.78. The standard InChI is InChI=1S/C27H30O3/c1-19(20-7-13-24(28)14-8-20)27(21-5-3-2-4-6-21,22-9-15-25(29)16-10-22)23-11-17-26(30)18-12-23/h7-19,21,28-30H,2-6H2,1H3. The molecule has 1 atom stereocenters. The Morgan fingerprint density at radius 3 is 1.47 bits per heavy atom. The fourth-order valence-corrected chi connectivity index (χ4v) is 5.55. The summed E-state index contributed by atoms with van der Waals surface area (Å²) in [5.74, 6) is 1.36. The highest BCUT2D eigenvalue weighted by Crippen LogP contribution is 2.54. The Labute approximate surface area is 178 Å². The van der Waals surface area contributed by atoms with Gasteiger partial charge in [0.15, 0.2) is 0 Å². The molecule has 0 amide bonds. The van der Waals surface area contributed by atoms with Crippen molar-refractivity contribution in [1.82, 2.24) is 0 Å². The van der Waals surface area contributed by atoms with Crippen molar-refractivity contribution in [2.24, 2.45) is 5.92 Å². The van der Waals surface area contributed by atoms with Gasteiger partial charge in [0.05, 0.1) is 0 Å². The maximum Gasteiger partial charge on any atom is 0.115 e. The van der Waals surface area contributed by atoms with Gasteiger partial charge in [-0.1, -0.05) is 62.6 Å². The molecule has 0 saturated heterocycles. The summed E-state index contributed by atoms with van der Waals surface area (Å²) in [7, 11) is 0. The van der Waals surface area contributed by atoms with Gasteiger partial charge in [-0.05, 0) is 77.8 Å². The molecule has 156 valence electrons. The lowest BCUT2D eigenvalue weighted by atomic mass is 9.55. The molecule has 30 heavy (non-hydrogen) atoms. The first-order valence-corrected chi connectivity index (χ1v) is 10.9. The summed E-state index contributed by atoms with van der Waals surface area (Å²) in [6.45, 7) is 2.26. The van der Waals surface area contributed by atoms with Crippen LogP contribution in [0, 0.1) is 5.92 Å². The molecule has 0 aromatic heterocycles. The number of phenols is 3. The van der Waals surface area contributed by atoms with E-state index in [1.165, 1.54) is 36.0 Å². The highest BCUT2D eigenvalue weighted by atomic mass is 16.3. The molecule has 3 N–H and O–H groups in total. The van der Waals surface area contributed by atoms with Crippen LogP contribution in [0.15, 0.2) is 72.8 Å². The predicted molar refractivity (Wildman–Crippen MR) is 120 cm³/mol. The Balaban J connectivity index is 1.97. The molecule has 0 aliphatic heterocycles. The summed E-state index contributed by atoms with van der Waals surface area (Å²) in [5, 5.41) is 29.8. The minimum absolute atomic E-state index is 0.135. The number of aromatic hydroxyl groups is 3. The zero-order valence-electron chi connectivity index (χ0n) is 17.5. The van der Waals surface area contributed by atoms with Crippen LogP contribution in [0.5, 0.6) is 17.2 Å². The van der Waals surface area contributed by atoms with Crippen LogP contribution in [0.1, 0.15) is 61.6 Å². The van der Waals surface area contributed by atoms with E-state index in [0.717, 1.165) is 12.8 Å². The molecule has 1 aliphatic rings. The SMILES string of the molecule is CC(c1ccc(O)cc1)C(c1ccc(O)cc1)(c1ccc(O)cc1)C1CCCCC1. The topological polar surface area (TPSA) is 60.7 Å². The van der Waals surface area contributed by atoms with Gasteiger partial charge in [-0.2, -0.15) is 0 Å². The normalized spacial score (nSPS) is 16.3. The van der Waals surface area contributed by atoms with E-state index < -0.39 is 0 Å². The van der Waals surface area contributed by atoms with Crippen LogP contribution in [-0.2, 0) is 5.41 Å². The van der Waals surface area contributed by atoms with Crippen molar-refractivity contribution < 1.29 is 15.3 Å². The molecule has 0 radical (unpaired) electrons. The first-order chi connectivity index (χ1) is 14.5. The molecule has 4 rings (SSSR count). The van der Waals surface area contributed by atoms with E-state index in [2.05, 4.69) is 6.92 Å². The molecule has 1 aliphatic carbocycles. The largest absolute Gasteiger partial charge is 0.508 e. The number of hydrogen-bond donors (Lipinski definition) is 3. The molecule has 0 bridgehead atoms. The van der Waals surface area contributed by atoms with Crippen LogP contribution in [-0.4, -0.2) is 15.3 Å². The van der Waals surface area contributed by atoms with E-state index in [-0.39, 0.29) is 28.6 Å². The van der Waals surface area contributed by atoms with Crippen LogP contribution in [0.4, 0.5) is 0 Å². The van der Waals surface area contributed by atoms with Crippen molar-refractivity contribution in [1.29, 1.82) is 0 Å². The zero-order valence-corrected chi connectivity index (χ0v) is 17.5. The highest BCUT2D eigenvalue weighted by molar-refractivity contribution is 5.48. The maximum atomic E-state index is 9.97. The fraction of sp³-hybridized carbons (Fsp3) is 0.333. The zero-order chi connectivity index (χ0) is 21.1. The highest BCUT2D eigenvalue weighted by Gasteiger charge is 2.47. The van der Waals surface area contributed by atoms with Gasteiger partial charge in [-0.25, -0.2) is 0 Å². The number of phenolic OH excluding ortho intramolecular Hbond substituents is 3. The van der Waals surface area contributed by atoms with Crippen LogP contribution in [0.2, 0.25) is 0 Å². The summed E-state index contributed by atoms with van der Waals surface area (Å²) < 4.78 is 0. The second-order valence-corrected chi connectivity index (χ2v) is 8.61. The minimum atomic E-state index is -0.307. The summed E-state index contributed by atoms with van der Waals surface area (Å²) >= 11 is 0. The fourth-order valence-electron chi connectivity index (χ4n) is 5.55. The van der Waals surface area contributed by atoms with Crippen molar-refractivity contribution in [3.63, 3.8) is 0 Å². The van der Waals surface area contributed by atoms with Gasteiger partial charge >= 0.3 is 0 Å². The lowest BCUT2D eigenvalue weighted by Gasteiger charge is -2.48. The molecule has 3 aromatic rings. The van der Waals surface area contributed by atoms with Crippen molar-refractivity contribution in [2.75, 3.05) is 0 Å². The third-order valence-corrected chi connectivity index (χ3v) is 7.02. The average molecular weight is 403 g/mol. The van der Waals surface area contributed by atoms with Gasteiger partial charge in [-0.3, -0.25) is 0 Å². The molecule has 1 unspecified atom stereocenters. The van der Waals surface area contributed by atoms with Gasteiger partial charge < -0.3 is 15.3 Å². The molecular formula is C27H30O3. The third kappa shape index (κ3) is 3.65. The summed E-state index contributed by atoms with van der Waals surface area (Å²) in [5.41, 5.74) is 3.22. The number of benzene rings is 3. The summed E-state index contributed by atoms with van der Waals surface area (Å²) in [6, 6.07) is 22.8. The second kappa shape index (κ2) is 8.43. The van der Waals surface area contributed by atoms with Gasteiger partial charge in [0.2, 0.25) is 0 Å². The predicted octanol–water partition coefficient (Wildman–Crippen LogP) is 6.47. The van der Waals surface area contributed by atoms with E-state index in [1.807, 2.05) is 36.4 Å². The Morgan fingerprint density at radius 1 is 0.633 bits per heavy atom. The van der Waals surface area contributed by atoms with Crippen molar-refractivity contribution in [3.05, 3.63) is 89.5 Å². The van der Waals surface area contributed by atoms with E-state index in [0.29, 0.717) is 5.92 Å². The molecule has 3 heteroatoms. The van der Waals surface area contributed by atoms with Gasteiger partial charge in [-0.15, -0.1) is 0 Å². The summed E-state index contributed by atoms with van der Waals surface area (Å²) in [6.07, 6.45) is 5.98. The molecule has 3 nitrogen and oxygen atoms in total. The maximum absolute atomic E-state index is 9.97. The van der Waals surface area contributed by atoms with Gasteiger partial charge in [0.1, 0.15) is 17.2 Å². The monoisotopic (exact) mass is 402 g/mol. The van der Waals surface area contributed by atoms with Gasteiger partial charge in [0.25, 0.3) is 0 Å². The lowest BCUT2D eigenvalue weighted by Crippen LogP contribution is -2.42. The Morgan fingerprint density at radius 2 is 1.03 bits per heavy atom. The molecule has 1 saturated carbocycles. The second-order valence-electron chi connectivity index (χ2n) is 8.61. The molecule has 3 aromatic carbocycles. The van der Waals surface area contributed by atoms with E-state index in [4.69, 9.17) is 0 Å². The first-order valence-electron chi connectivity index (χ1n) is 10.9. The Kier molecular flexibility index (Phi) is 5.72. The molecule has 0 spiro atoms. The first kappa shape index (κ1) is 20.3. The quantitative estimate of drug-likeness (QED) is 0.458. The molecular weight excluding hydrogens is 372 g/mol. The van der Waals surface area contributed by atoms with Crippen LogP contribution < -0.4 is 0 Å². The van der Waals surface area contributed by atoms with Crippen LogP contribution >= 0.6 is 0 Å². The number of hydrogen-bond acceptors (Lipinski definition) is 3. The van der Waals surface area contributed by atoms with E-state index in [1.54, 1.807) is 36.4 Å². The molecule has 0 heterocycles. The van der Waals surface area contributed by atoms with E-state index in [9.17, 15) is 15.3 Å². The molecule has 1 fully saturated rings. The lowest BCUT2D eigenvalue weighted by molar-refractivity contribution is 0.210. The van der Waals surface area contributed by atoms with E-state index >= 15 is 0 Å². The van der Waals surface area contributed by atoms with Crippen molar-refractivity contribution >= 4 is 0 Å². The Hall–Kier alpha value is -2.94. The van der Waals surface area contributed by atoms with Crippen LogP contribution in [0.3, 0.4) is 0 Å². The minimum Gasteiger partial charge on any atom is -0.508 e.